The van der Waals surface area contributed by atoms with Crippen molar-refractivity contribution in [1.29, 1.82) is 0 Å². The van der Waals surface area contributed by atoms with E-state index < -0.39 is 21.9 Å². The van der Waals surface area contributed by atoms with Gasteiger partial charge in [-0.1, -0.05) is 11.3 Å². The zero-order valence-corrected chi connectivity index (χ0v) is 22.7. The van der Waals surface area contributed by atoms with Crippen molar-refractivity contribution < 1.29 is 27.5 Å². The molecule has 0 unspecified atom stereocenters. The minimum Gasteiger partial charge on any atom is -0.462 e. The van der Waals surface area contributed by atoms with Gasteiger partial charge in [0.15, 0.2) is 4.80 Å². The second kappa shape index (κ2) is 11.9. The van der Waals surface area contributed by atoms with Gasteiger partial charge >= 0.3 is 5.97 Å². The van der Waals surface area contributed by atoms with Crippen molar-refractivity contribution in [2.75, 3.05) is 26.9 Å². The average molecular weight is 534 g/mol. The van der Waals surface area contributed by atoms with E-state index in [0.717, 1.165) is 10.2 Å². The fourth-order valence-electron chi connectivity index (χ4n) is 3.38. The first-order valence-electron chi connectivity index (χ1n) is 11.7. The van der Waals surface area contributed by atoms with Crippen molar-refractivity contribution in [2.45, 2.75) is 45.2 Å². The molecule has 0 radical (unpaired) electrons. The van der Waals surface area contributed by atoms with Gasteiger partial charge in [-0.15, -0.1) is 0 Å². The second-order valence-corrected chi connectivity index (χ2v) is 11.2. The number of hydrogen-bond donors (Lipinski definition) is 0. The summed E-state index contributed by atoms with van der Waals surface area (Å²) in [5.74, 6) is -0.917. The number of benzene rings is 2. The minimum atomic E-state index is -3.65. The van der Waals surface area contributed by atoms with Crippen LogP contribution in [-0.2, 0) is 26.0 Å². The number of esters is 1. The van der Waals surface area contributed by atoms with Crippen molar-refractivity contribution in [3.8, 4) is 0 Å². The Morgan fingerprint density at radius 2 is 1.72 bits per heavy atom. The maximum atomic E-state index is 13.0. The number of ether oxygens (including phenoxy) is 2. The first-order valence-corrected chi connectivity index (χ1v) is 13.9. The van der Waals surface area contributed by atoms with E-state index in [0.29, 0.717) is 30.1 Å². The number of carbonyl (C=O) groups is 2. The number of amides is 1. The standard InChI is InChI=1S/C25H31N3O6S2/c1-6-33-15-14-28-21-13-10-19(24(30)34-7-2)16-22(21)35-25(28)26-23(29)18-8-11-20(12-9-18)36(31,32)27(5)17(3)4/h8-13,16-17H,6-7,14-15H2,1-5H3. The largest absolute Gasteiger partial charge is 0.462 e. The summed E-state index contributed by atoms with van der Waals surface area (Å²) in [5, 5.41) is 0. The molecule has 1 amide bonds. The van der Waals surface area contributed by atoms with E-state index in [4.69, 9.17) is 9.47 Å². The molecule has 194 valence electrons. The second-order valence-electron chi connectivity index (χ2n) is 8.19. The summed E-state index contributed by atoms with van der Waals surface area (Å²) < 4.78 is 39.9. The number of thiazole rings is 1. The molecule has 3 aromatic rings. The number of carbonyl (C=O) groups excluding carboxylic acids is 2. The van der Waals surface area contributed by atoms with E-state index in [-0.39, 0.29) is 23.1 Å². The Balaban J connectivity index is 1.99. The predicted octanol–water partition coefficient (Wildman–Crippen LogP) is 3.69. The van der Waals surface area contributed by atoms with Gasteiger partial charge in [0.1, 0.15) is 0 Å². The van der Waals surface area contributed by atoms with E-state index in [1.165, 1.54) is 47.0 Å². The van der Waals surface area contributed by atoms with Crippen LogP contribution >= 0.6 is 11.3 Å². The molecule has 0 bridgehead atoms. The van der Waals surface area contributed by atoms with Crippen molar-refractivity contribution in [1.82, 2.24) is 8.87 Å². The van der Waals surface area contributed by atoms with Crippen LogP contribution in [-0.4, -0.2) is 62.1 Å². The molecular weight excluding hydrogens is 502 g/mol. The SMILES string of the molecule is CCOCCn1c(=NC(=O)c2ccc(S(=O)(=O)N(C)C(C)C)cc2)sc2cc(C(=O)OCC)ccc21. The maximum absolute atomic E-state index is 13.0. The number of aromatic nitrogens is 1. The van der Waals surface area contributed by atoms with Crippen molar-refractivity contribution >= 4 is 43.5 Å². The van der Waals surface area contributed by atoms with Crippen LogP contribution in [0, 0.1) is 0 Å². The summed E-state index contributed by atoms with van der Waals surface area (Å²) in [5.41, 5.74) is 1.50. The number of fused-ring (bicyclic) bond motifs is 1. The summed E-state index contributed by atoms with van der Waals surface area (Å²) in [7, 11) is -2.14. The summed E-state index contributed by atoms with van der Waals surface area (Å²) >= 11 is 1.28. The van der Waals surface area contributed by atoms with Crippen LogP contribution in [0.4, 0.5) is 0 Å². The lowest BCUT2D eigenvalue weighted by Crippen LogP contribution is -2.33. The third kappa shape index (κ3) is 6.09. The Kier molecular flexibility index (Phi) is 9.18. The molecule has 1 aromatic heterocycles. The summed E-state index contributed by atoms with van der Waals surface area (Å²) in [6, 6.07) is 10.8. The van der Waals surface area contributed by atoms with Gasteiger partial charge in [-0.3, -0.25) is 4.79 Å². The first-order chi connectivity index (χ1) is 17.1. The van der Waals surface area contributed by atoms with Crippen LogP contribution in [0.3, 0.4) is 0 Å². The quantitative estimate of drug-likeness (QED) is 0.291. The Morgan fingerprint density at radius 1 is 1.06 bits per heavy atom. The number of nitrogens with zero attached hydrogens (tertiary/aromatic N) is 3. The Bertz CT molecular complexity index is 1410. The van der Waals surface area contributed by atoms with Gasteiger partial charge in [-0.05, 0) is 70.2 Å². The van der Waals surface area contributed by atoms with E-state index in [1.54, 1.807) is 39.0 Å². The highest BCUT2D eigenvalue weighted by Crippen LogP contribution is 2.21. The topological polar surface area (TPSA) is 107 Å². The molecule has 3 rings (SSSR count). The zero-order chi connectivity index (χ0) is 26.5. The van der Waals surface area contributed by atoms with Gasteiger partial charge in [-0.25, -0.2) is 13.2 Å². The normalized spacial score (nSPS) is 12.6. The molecule has 11 heteroatoms. The number of hydrogen-bond acceptors (Lipinski definition) is 7. The summed E-state index contributed by atoms with van der Waals surface area (Å²) in [6.07, 6.45) is 0. The van der Waals surface area contributed by atoms with Gasteiger partial charge in [-0.2, -0.15) is 9.30 Å². The van der Waals surface area contributed by atoms with Crippen LogP contribution < -0.4 is 4.80 Å². The molecule has 0 aliphatic rings. The minimum absolute atomic E-state index is 0.107. The summed E-state index contributed by atoms with van der Waals surface area (Å²) in [6.45, 7) is 8.96. The molecule has 0 aliphatic heterocycles. The Labute approximate surface area is 215 Å². The lowest BCUT2D eigenvalue weighted by molar-refractivity contribution is 0.0526. The molecule has 0 N–H and O–H groups in total. The van der Waals surface area contributed by atoms with Gasteiger partial charge in [0.25, 0.3) is 5.91 Å². The molecule has 0 atom stereocenters. The van der Waals surface area contributed by atoms with E-state index >= 15 is 0 Å². The Morgan fingerprint density at radius 3 is 2.33 bits per heavy atom. The van der Waals surface area contributed by atoms with Gasteiger partial charge in [0, 0.05) is 31.8 Å². The van der Waals surface area contributed by atoms with Gasteiger partial charge in [0.05, 0.1) is 33.9 Å². The van der Waals surface area contributed by atoms with Crippen LogP contribution in [0.1, 0.15) is 48.4 Å². The zero-order valence-electron chi connectivity index (χ0n) is 21.1. The molecule has 0 spiro atoms. The van der Waals surface area contributed by atoms with Crippen LogP contribution in [0.2, 0.25) is 0 Å². The first kappa shape index (κ1) is 27.7. The van der Waals surface area contributed by atoms with E-state index in [1.807, 2.05) is 11.5 Å². The molecule has 2 aromatic carbocycles. The Hall–Kier alpha value is -2.86. The highest BCUT2D eigenvalue weighted by Gasteiger charge is 2.23. The summed E-state index contributed by atoms with van der Waals surface area (Å²) in [4.78, 5) is 30.0. The molecule has 9 nitrogen and oxygen atoms in total. The van der Waals surface area contributed by atoms with Gasteiger partial charge in [0.2, 0.25) is 10.0 Å². The molecule has 0 aliphatic carbocycles. The van der Waals surface area contributed by atoms with Crippen molar-refractivity contribution in [3.63, 3.8) is 0 Å². The fourth-order valence-corrected chi connectivity index (χ4v) is 5.84. The third-order valence-electron chi connectivity index (χ3n) is 5.56. The lowest BCUT2D eigenvalue weighted by atomic mass is 10.2. The van der Waals surface area contributed by atoms with Crippen LogP contribution in [0.15, 0.2) is 52.4 Å². The number of sulfonamides is 1. The molecule has 0 saturated carbocycles. The van der Waals surface area contributed by atoms with Gasteiger partial charge < -0.3 is 14.0 Å². The molecular formula is C25H31N3O6S2. The lowest BCUT2D eigenvalue weighted by Gasteiger charge is -2.20. The average Bonchev–Trinajstić information content (AvgIpc) is 3.19. The predicted molar refractivity (Wildman–Crippen MR) is 139 cm³/mol. The van der Waals surface area contributed by atoms with Crippen LogP contribution in [0.25, 0.3) is 10.2 Å². The van der Waals surface area contributed by atoms with Crippen LogP contribution in [0.5, 0.6) is 0 Å². The maximum Gasteiger partial charge on any atom is 0.338 e. The smallest absolute Gasteiger partial charge is 0.338 e. The third-order valence-corrected chi connectivity index (χ3v) is 8.65. The highest BCUT2D eigenvalue weighted by molar-refractivity contribution is 7.89. The highest BCUT2D eigenvalue weighted by atomic mass is 32.2. The van der Waals surface area contributed by atoms with Crippen molar-refractivity contribution in [2.24, 2.45) is 4.99 Å². The van der Waals surface area contributed by atoms with Crippen molar-refractivity contribution in [3.05, 3.63) is 58.4 Å². The molecule has 0 saturated heterocycles. The monoisotopic (exact) mass is 533 g/mol. The molecule has 0 fully saturated rings. The van der Waals surface area contributed by atoms with E-state index in [9.17, 15) is 18.0 Å². The number of rotatable bonds is 10. The van der Waals surface area contributed by atoms with E-state index in [2.05, 4.69) is 4.99 Å². The molecule has 36 heavy (non-hydrogen) atoms. The fraction of sp³-hybridized carbons (Fsp3) is 0.400. The molecule has 1 heterocycles.